The Morgan fingerprint density at radius 3 is 2.75 bits per heavy atom. The number of phenols is 1. The summed E-state index contributed by atoms with van der Waals surface area (Å²) < 4.78 is 5.48. The van der Waals surface area contributed by atoms with Crippen molar-refractivity contribution in [2.24, 2.45) is 5.92 Å². The lowest BCUT2D eigenvalue weighted by Gasteiger charge is -2.42. The monoisotopic (exact) mass is 336 g/mol. The molecule has 0 saturated carbocycles. The largest absolute Gasteiger partial charge is 0.504 e. The Hall–Kier alpha value is -1.30. The van der Waals surface area contributed by atoms with E-state index in [9.17, 15) is 10.2 Å². The number of aliphatic hydroxyl groups excluding tert-OH is 1. The first kappa shape index (κ1) is 19.0. The molecule has 136 valence electrons. The molecule has 0 aromatic heterocycles. The van der Waals surface area contributed by atoms with Gasteiger partial charge < -0.3 is 14.9 Å². The Labute approximate surface area is 145 Å². The minimum Gasteiger partial charge on any atom is -0.504 e. The predicted molar refractivity (Wildman–Crippen MR) is 96.5 cm³/mol. The quantitative estimate of drug-likeness (QED) is 0.763. The maximum absolute atomic E-state index is 10.4. The van der Waals surface area contributed by atoms with Gasteiger partial charge in [0.15, 0.2) is 11.5 Å². The number of rotatable bonds is 8. The highest BCUT2D eigenvalue weighted by molar-refractivity contribution is 5.45. The lowest BCUT2D eigenvalue weighted by atomic mass is 10.0. The van der Waals surface area contributed by atoms with Crippen LogP contribution in [0.4, 0.5) is 0 Å². The summed E-state index contributed by atoms with van der Waals surface area (Å²) in [5.41, 5.74) is 0.904. The summed E-state index contributed by atoms with van der Waals surface area (Å²) in [5.74, 6) is 1.44. The molecule has 1 aliphatic heterocycles. The fraction of sp³-hybridized carbons (Fsp3) is 0.684. The molecule has 1 aliphatic rings. The van der Waals surface area contributed by atoms with Gasteiger partial charge in [-0.15, -0.1) is 0 Å². The predicted octanol–water partition coefficient (Wildman–Crippen LogP) is 2.32. The van der Waals surface area contributed by atoms with E-state index in [1.54, 1.807) is 6.07 Å². The van der Waals surface area contributed by atoms with Crippen molar-refractivity contribution in [3.63, 3.8) is 0 Å². The number of para-hydroxylation sites is 1. The molecule has 0 unspecified atom stereocenters. The van der Waals surface area contributed by atoms with Crippen LogP contribution in [0.15, 0.2) is 18.2 Å². The number of piperazine rings is 1. The van der Waals surface area contributed by atoms with Crippen LogP contribution >= 0.6 is 0 Å². The number of aliphatic hydroxyl groups is 1. The van der Waals surface area contributed by atoms with Crippen molar-refractivity contribution in [2.75, 3.05) is 39.4 Å². The Morgan fingerprint density at radius 1 is 1.29 bits per heavy atom. The van der Waals surface area contributed by atoms with Gasteiger partial charge in [0.05, 0.1) is 6.61 Å². The number of benzene rings is 1. The normalized spacial score (nSPS) is 19.8. The molecule has 5 heteroatoms. The summed E-state index contributed by atoms with van der Waals surface area (Å²) in [7, 11) is 0. The van der Waals surface area contributed by atoms with Crippen LogP contribution in [0.2, 0.25) is 0 Å². The van der Waals surface area contributed by atoms with Gasteiger partial charge >= 0.3 is 0 Å². The van der Waals surface area contributed by atoms with E-state index in [1.807, 2.05) is 19.1 Å². The van der Waals surface area contributed by atoms with E-state index in [0.29, 0.717) is 30.9 Å². The minimum absolute atomic E-state index is 0.220. The van der Waals surface area contributed by atoms with Crippen molar-refractivity contribution in [3.05, 3.63) is 23.8 Å². The highest BCUT2D eigenvalue weighted by Crippen LogP contribution is 2.31. The Morgan fingerprint density at radius 2 is 2.08 bits per heavy atom. The second-order valence-corrected chi connectivity index (χ2v) is 6.99. The van der Waals surface area contributed by atoms with E-state index in [2.05, 4.69) is 23.6 Å². The number of hydrogen-bond acceptors (Lipinski definition) is 5. The van der Waals surface area contributed by atoms with E-state index < -0.39 is 0 Å². The van der Waals surface area contributed by atoms with Crippen LogP contribution in [0, 0.1) is 5.92 Å². The van der Waals surface area contributed by atoms with Crippen molar-refractivity contribution in [1.29, 1.82) is 0 Å². The molecule has 5 nitrogen and oxygen atoms in total. The van der Waals surface area contributed by atoms with Gasteiger partial charge in [0, 0.05) is 50.9 Å². The van der Waals surface area contributed by atoms with Crippen molar-refractivity contribution < 1.29 is 14.9 Å². The average molecular weight is 336 g/mol. The molecule has 2 N–H and O–H groups in total. The Kier molecular flexibility index (Phi) is 7.34. The highest BCUT2D eigenvalue weighted by Gasteiger charge is 2.27. The van der Waals surface area contributed by atoms with E-state index in [-0.39, 0.29) is 12.4 Å². The molecule has 0 amide bonds. The van der Waals surface area contributed by atoms with Crippen LogP contribution in [0.25, 0.3) is 0 Å². The summed E-state index contributed by atoms with van der Waals surface area (Å²) in [6.45, 7) is 11.8. The summed E-state index contributed by atoms with van der Waals surface area (Å²) in [6.07, 6.45) is 0.800. The van der Waals surface area contributed by atoms with E-state index in [1.165, 1.54) is 0 Å². The number of nitrogens with zero attached hydrogens (tertiary/aromatic N) is 2. The van der Waals surface area contributed by atoms with Crippen LogP contribution < -0.4 is 4.74 Å². The van der Waals surface area contributed by atoms with Crippen LogP contribution in [-0.2, 0) is 6.54 Å². The van der Waals surface area contributed by atoms with Crippen LogP contribution in [0.1, 0.15) is 32.8 Å². The second kappa shape index (κ2) is 9.25. The fourth-order valence-electron chi connectivity index (χ4n) is 3.44. The molecule has 1 heterocycles. The number of hydrogen-bond donors (Lipinski definition) is 2. The zero-order valence-corrected chi connectivity index (χ0v) is 15.2. The molecule has 24 heavy (non-hydrogen) atoms. The molecule has 1 saturated heterocycles. The summed E-state index contributed by atoms with van der Waals surface area (Å²) in [5, 5.41) is 19.8. The molecule has 0 aliphatic carbocycles. The lowest BCUT2D eigenvalue weighted by Crippen LogP contribution is -2.53. The van der Waals surface area contributed by atoms with Gasteiger partial charge in [0.25, 0.3) is 0 Å². The highest BCUT2D eigenvalue weighted by atomic mass is 16.5. The molecular weight excluding hydrogens is 304 g/mol. The van der Waals surface area contributed by atoms with Gasteiger partial charge in [-0.05, 0) is 25.3 Å². The van der Waals surface area contributed by atoms with Crippen molar-refractivity contribution in [2.45, 2.75) is 39.8 Å². The topological polar surface area (TPSA) is 56.2 Å². The molecule has 1 atom stereocenters. The van der Waals surface area contributed by atoms with Gasteiger partial charge in [-0.25, -0.2) is 0 Å². The van der Waals surface area contributed by atoms with Gasteiger partial charge in [0.2, 0.25) is 0 Å². The number of ether oxygens (including phenoxy) is 1. The van der Waals surface area contributed by atoms with E-state index in [4.69, 9.17) is 4.74 Å². The first-order valence-electron chi connectivity index (χ1n) is 9.06. The van der Waals surface area contributed by atoms with Gasteiger partial charge in [0.1, 0.15) is 0 Å². The van der Waals surface area contributed by atoms with Crippen molar-refractivity contribution in [3.8, 4) is 11.5 Å². The SMILES string of the molecule is CCOc1cccc(CN2CCN(CC(C)C)[C@@H](CCO)C2)c1O. The van der Waals surface area contributed by atoms with Crippen LogP contribution in [0.3, 0.4) is 0 Å². The molecule has 1 aromatic rings. The van der Waals surface area contributed by atoms with Gasteiger partial charge in [-0.1, -0.05) is 26.0 Å². The van der Waals surface area contributed by atoms with E-state index >= 15 is 0 Å². The van der Waals surface area contributed by atoms with E-state index in [0.717, 1.165) is 38.2 Å². The molecule has 1 fully saturated rings. The first-order valence-corrected chi connectivity index (χ1v) is 9.06. The van der Waals surface area contributed by atoms with Gasteiger partial charge in [-0.3, -0.25) is 9.80 Å². The summed E-state index contributed by atoms with van der Waals surface area (Å²) >= 11 is 0. The summed E-state index contributed by atoms with van der Waals surface area (Å²) in [4.78, 5) is 4.86. The van der Waals surface area contributed by atoms with Crippen molar-refractivity contribution >= 4 is 0 Å². The summed E-state index contributed by atoms with van der Waals surface area (Å²) in [6, 6.07) is 6.07. The number of phenolic OH excluding ortho intramolecular Hbond substituents is 1. The second-order valence-electron chi connectivity index (χ2n) is 6.99. The molecule has 0 bridgehead atoms. The maximum Gasteiger partial charge on any atom is 0.162 e. The van der Waals surface area contributed by atoms with Crippen LogP contribution in [-0.4, -0.2) is 65.4 Å². The molecule has 2 rings (SSSR count). The molecular formula is C19H32N2O3. The zero-order valence-electron chi connectivity index (χ0n) is 15.2. The molecule has 0 radical (unpaired) electrons. The van der Waals surface area contributed by atoms with Crippen molar-refractivity contribution in [1.82, 2.24) is 9.80 Å². The molecule has 0 spiro atoms. The Bertz CT molecular complexity index is 507. The first-order chi connectivity index (χ1) is 11.5. The average Bonchev–Trinajstić information content (AvgIpc) is 2.54. The Balaban J connectivity index is 2.02. The fourth-order valence-corrected chi connectivity index (χ4v) is 3.44. The lowest BCUT2D eigenvalue weighted by molar-refractivity contribution is 0.0473. The third kappa shape index (κ3) is 5.10. The molecule has 1 aromatic carbocycles. The number of aromatic hydroxyl groups is 1. The minimum atomic E-state index is 0.220. The third-order valence-corrected chi connectivity index (χ3v) is 4.53. The maximum atomic E-state index is 10.4. The standard InChI is InChI=1S/C19H32N2O3/c1-4-24-18-7-5-6-16(19(18)23)13-20-9-10-21(12-15(2)3)17(14-20)8-11-22/h5-7,15,17,22-23H,4,8-14H2,1-3H3/t17-/m0/s1. The third-order valence-electron chi connectivity index (χ3n) is 4.53. The smallest absolute Gasteiger partial charge is 0.162 e. The zero-order chi connectivity index (χ0) is 17.5. The van der Waals surface area contributed by atoms with Gasteiger partial charge in [-0.2, -0.15) is 0 Å². The van der Waals surface area contributed by atoms with Crippen LogP contribution in [0.5, 0.6) is 11.5 Å².